The maximum Gasteiger partial charge on any atom is 0.387 e. The molecule has 0 saturated heterocycles. The second kappa shape index (κ2) is 7.35. The first-order valence-electron chi connectivity index (χ1n) is 8.01. The van der Waals surface area contributed by atoms with E-state index >= 15 is 0 Å². The molecule has 144 valence electrons. The molecule has 1 amide bonds. The second-order valence-electron chi connectivity index (χ2n) is 5.71. The number of alkyl halides is 2. The maximum atomic E-state index is 12.4. The fourth-order valence-electron chi connectivity index (χ4n) is 2.61. The van der Waals surface area contributed by atoms with Gasteiger partial charge in [-0.15, -0.1) is 0 Å². The Morgan fingerprint density at radius 1 is 1.18 bits per heavy atom. The Kier molecular flexibility index (Phi) is 4.74. The zero-order valence-electron chi connectivity index (χ0n) is 14.0. The molecule has 10 heteroatoms. The van der Waals surface area contributed by atoms with E-state index in [4.69, 9.17) is 21.1 Å². The summed E-state index contributed by atoms with van der Waals surface area (Å²) < 4.78 is 39.4. The first kappa shape index (κ1) is 18.1. The predicted molar refractivity (Wildman–Crippen MR) is 96.2 cm³/mol. The monoisotopic (exact) mass is 407 g/mol. The molecule has 1 aliphatic heterocycles. The van der Waals surface area contributed by atoms with E-state index in [0.29, 0.717) is 22.9 Å². The average molecular weight is 408 g/mol. The third-order valence-electron chi connectivity index (χ3n) is 3.90. The molecule has 0 aliphatic carbocycles. The van der Waals surface area contributed by atoms with Crippen LogP contribution in [0.1, 0.15) is 10.5 Å². The summed E-state index contributed by atoms with van der Waals surface area (Å²) >= 11 is 5.88. The van der Waals surface area contributed by atoms with Gasteiger partial charge >= 0.3 is 6.61 Å². The van der Waals surface area contributed by atoms with Gasteiger partial charge < -0.3 is 19.5 Å². The van der Waals surface area contributed by atoms with Gasteiger partial charge in [0, 0.05) is 11.3 Å². The molecule has 0 atom stereocenters. The van der Waals surface area contributed by atoms with Crippen LogP contribution in [0.4, 0.5) is 14.5 Å². The molecular weight excluding hydrogens is 396 g/mol. The number of ether oxygens (including phenoxy) is 3. The summed E-state index contributed by atoms with van der Waals surface area (Å²) in [4.78, 5) is 12.4. The molecule has 2 aromatic carbocycles. The zero-order chi connectivity index (χ0) is 19.7. The number of anilines is 1. The van der Waals surface area contributed by atoms with Crippen LogP contribution in [-0.2, 0) is 0 Å². The summed E-state index contributed by atoms with van der Waals surface area (Å²) in [7, 11) is 0. The third-order valence-corrected chi connectivity index (χ3v) is 4.19. The zero-order valence-corrected chi connectivity index (χ0v) is 14.8. The standard InChI is InChI=1S/C18H12ClF2N3O4/c19-11-6-10(2-4-14(11)28-18(20)21)22-17(25)13-7-12(23-24-13)9-1-3-15-16(5-9)27-8-26-15/h1-7,18H,8H2,(H,22,25)(H,23,24). The highest BCUT2D eigenvalue weighted by Crippen LogP contribution is 2.35. The van der Waals surface area contributed by atoms with Gasteiger partial charge in [-0.05, 0) is 42.5 Å². The Morgan fingerprint density at radius 2 is 2.00 bits per heavy atom. The van der Waals surface area contributed by atoms with Crippen LogP contribution in [0.5, 0.6) is 17.2 Å². The van der Waals surface area contributed by atoms with Gasteiger partial charge in [0.25, 0.3) is 5.91 Å². The number of hydrogen-bond acceptors (Lipinski definition) is 5. The normalized spacial score (nSPS) is 12.3. The minimum absolute atomic E-state index is 0.0521. The minimum Gasteiger partial charge on any atom is -0.454 e. The van der Waals surface area contributed by atoms with Gasteiger partial charge in [0.1, 0.15) is 11.4 Å². The first-order valence-corrected chi connectivity index (χ1v) is 8.38. The number of aromatic amines is 1. The summed E-state index contributed by atoms with van der Waals surface area (Å²) in [5, 5.41) is 9.33. The SMILES string of the molecule is O=C(Nc1ccc(OC(F)F)c(Cl)c1)c1cc(-c2ccc3c(c2)OCO3)n[nH]1. The van der Waals surface area contributed by atoms with Crippen LogP contribution in [0, 0.1) is 0 Å². The van der Waals surface area contributed by atoms with Crippen molar-refractivity contribution in [2.45, 2.75) is 6.61 Å². The van der Waals surface area contributed by atoms with Gasteiger partial charge in [-0.1, -0.05) is 11.6 Å². The number of carbonyl (C=O) groups is 1. The number of H-pyrrole nitrogens is 1. The van der Waals surface area contributed by atoms with Gasteiger partial charge in [0.05, 0.1) is 10.7 Å². The summed E-state index contributed by atoms with van der Waals surface area (Å²) in [6.45, 7) is -2.82. The fraction of sp³-hybridized carbons (Fsp3) is 0.111. The Labute approximate surface area is 162 Å². The van der Waals surface area contributed by atoms with Crippen molar-refractivity contribution in [2.24, 2.45) is 0 Å². The largest absolute Gasteiger partial charge is 0.454 e. The number of carbonyl (C=O) groups excluding carboxylic acids is 1. The van der Waals surface area contributed by atoms with Crippen LogP contribution in [0.3, 0.4) is 0 Å². The first-order chi connectivity index (χ1) is 13.5. The highest BCUT2D eigenvalue weighted by atomic mass is 35.5. The highest BCUT2D eigenvalue weighted by Gasteiger charge is 2.17. The lowest BCUT2D eigenvalue weighted by Gasteiger charge is -2.09. The molecule has 2 heterocycles. The van der Waals surface area contributed by atoms with E-state index in [0.717, 1.165) is 5.56 Å². The number of nitrogens with zero attached hydrogens (tertiary/aromatic N) is 1. The molecule has 1 aliphatic rings. The van der Waals surface area contributed by atoms with Crippen LogP contribution in [0.25, 0.3) is 11.3 Å². The quantitative estimate of drug-likeness (QED) is 0.658. The topological polar surface area (TPSA) is 85.5 Å². The highest BCUT2D eigenvalue weighted by molar-refractivity contribution is 6.32. The second-order valence-corrected chi connectivity index (χ2v) is 6.12. The molecule has 1 aromatic heterocycles. The lowest BCUT2D eigenvalue weighted by atomic mass is 10.1. The van der Waals surface area contributed by atoms with E-state index in [2.05, 4.69) is 20.3 Å². The van der Waals surface area contributed by atoms with E-state index in [1.807, 2.05) is 0 Å². The molecule has 0 unspecified atom stereocenters. The number of hydrogen-bond donors (Lipinski definition) is 2. The summed E-state index contributed by atoms with van der Waals surface area (Å²) in [6, 6.07) is 10.9. The van der Waals surface area contributed by atoms with Crippen LogP contribution < -0.4 is 19.5 Å². The molecule has 7 nitrogen and oxygen atoms in total. The average Bonchev–Trinajstić information content (AvgIpc) is 3.32. The number of fused-ring (bicyclic) bond motifs is 1. The van der Waals surface area contributed by atoms with Crippen LogP contribution in [0.2, 0.25) is 5.02 Å². The van der Waals surface area contributed by atoms with Crippen LogP contribution in [-0.4, -0.2) is 29.5 Å². The number of rotatable bonds is 5. The molecule has 0 bridgehead atoms. The van der Waals surface area contributed by atoms with Crippen molar-refractivity contribution in [3.05, 3.63) is 53.2 Å². The Bertz CT molecular complexity index is 1040. The molecule has 0 radical (unpaired) electrons. The lowest BCUT2D eigenvalue weighted by Crippen LogP contribution is -2.12. The number of halogens is 3. The van der Waals surface area contributed by atoms with Crippen molar-refractivity contribution in [3.8, 4) is 28.5 Å². The van der Waals surface area contributed by atoms with Crippen LogP contribution in [0.15, 0.2) is 42.5 Å². The van der Waals surface area contributed by atoms with E-state index in [-0.39, 0.29) is 23.3 Å². The van der Waals surface area contributed by atoms with Crippen molar-refractivity contribution < 1.29 is 27.8 Å². The van der Waals surface area contributed by atoms with Gasteiger partial charge in [0.2, 0.25) is 6.79 Å². The molecule has 0 saturated carbocycles. The summed E-state index contributed by atoms with van der Waals surface area (Å²) in [5.74, 6) is 0.597. The molecule has 3 aromatic rings. The smallest absolute Gasteiger partial charge is 0.387 e. The Hall–Kier alpha value is -3.33. The fourth-order valence-corrected chi connectivity index (χ4v) is 2.84. The van der Waals surface area contributed by atoms with E-state index in [1.165, 1.54) is 18.2 Å². The Morgan fingerprint density at radius 3 is 2.79 bits per heavy atom. The van der Waals surface area contributed by atoms with E-state index < -0.39 is 12.5 Å². The molecule has 0 fully saturated rings. The van der Waals surface area contributed by atoms with Gasteiger partial charge in [0.15, 0.2) is 11.5 Å². The summed E-state index contributed by atoms with van der Waals surface area (Å²) in [5.41, 5.74) is 1.81. The number of amides is 1. The lowest BCUT2D eigenvalue weighted by molar-refractivity contribution is -0.0497. The molecule has 0 spiro atoms. The third kappa shape index (κ3) is 3.70. The molecule has 2 N–H and O–H groups in total. The van der Waals surface area contributed by atoms with Gasteiger partial charge in [-0.25, -0.2) is 0 Å². The molecule has 28 heavy (non-hydrogen) atoms. The predicted octanol–water partition coefficient (Wildman–Crippen LogP) is 4.31. The Balaban J connectivity index is 1.48. The van der Waals surface area contributed by atoms with Crippen LogP contribution >= 0.6 is 11.6 Å². The molecular formula is C18H12ClF2N3O4. The van der Waals surface area contributed by atoms with Crippen molar-refractivity contribution in [2.75, 3.05) is 12.1 Å². The van der Waals surface area contributed by atoms with Gasteiger partial charge in [-0.3, -0.25) is 9.89 Å². The van der Waals surface area contributed by atoms with E-state index in [9.17, 15) is 13.6 Å². The van der Waals surface area contributed by atoms with Crippen molar-refractivity contribution >= 4 is 23.2 Å². The van der Waals surface area contributed by atoms with Crippen molar-refractivity contribution in [1.29, 1.82) is 0 Å². The minimum atomic E-state index is -2.99. The number of benzene rings is 2. The number of aromatic nitrogens is 2. The molecule has 4 rings (SSSR count). The van der Waals surface area contributed by atoms with Crippen molar-refractivity contribution in [3.63, 3.8) is 0 Å². The summed E-state index contributed by atoms with van der Waals surface area (Å²) in [6.07, 6.45) is 0. The van der Waals surface area contributed by atoms with Gasteiger partial charge in [-0.2, -0.15) is 13.9 Å². The van der Waals surface area contributed by atoms with Crippen molar-refractivity contribution in [1.82, 2.24) is 10.2 Å². The number of nitrogens with one attached hydrogen (secondary N) is 2. The van der Waals surface area contributed by atoms with E-state index in [1.54, 1.807) is 24.3 Å². The maximum absolute atomic E-state index is 12.4.